The summed E-state index contributed by atoms with van der Waals surface area (Å²) in [7, 11) is -1.65. The molecule has 0 radical (unpaired) electrons. The largest absolute Gasteiger partial charge is 0.392 e. The fourth-order valence-corrected chi connectivity index (χ4v) is 5.41. The van der Waals surface area contributed by atoms with Crippen molar-refractivity contribution in [1.29, 1.82) is 0 Å². The van der Waals surface area contributed by atoms with Crippen LogP contribution in [0.4, 0.5) is 5.69 Å². The van der Waals surface area contributed by atoms with Crippen molar-refractivity contribution < 1.29 is 19.0 Å². The lowest BCUT2D eigenvalue weighted by Crippen LogP contribution is -2.42. The van der Waals surface area contributed by atoms with Crippen LogP contribution in [0.3, 0.4) is 0 Å². The molecule has 3 aromatic carbocycles. The smallest absolute Gasteiger partial charge is 0.269 e. The molecule has 0 saturated carbocycles. The zero-order chi connectivity index (χ0) is 25.5. The zero-order valence-electron chi connectivity index (χ0n) is 19.7. The van der Waals surface area contributed by atoms with Crippen LogP contribution in [-0.4, -0.2) is 38.8 Å². The van der Waals surface area contributed by atoms with Crippen molar-refractivity contribution in [2.45, 2.75) is 42.7 Å². The van der Waals surface area contributed by atoms with Gasteiger partial charge in [-0.1, -0.05) is 54.6 Å². The number of rotatable bonds is 11. The van der Waals surface area contributed by atoms with Gasteiger partial charge in [-0.25, -0.2) is 8.93 Å². The number of nitro groups is 1. The minimum atomic E-state index is -1.65. The molecular weight excluding hydrogens is 478 g/mol. The number of aliphatic hydroxyl groups is 1. The summed E-state index contributed by atoms with van der Waals surface area (Å²) in [5, 5.41) is 24.7. The summed E-state index contributed by atoms with van der Waals surface area (Å²) in [5.41, 5.74) is 3.42. The van der Waals surface area contributed by atoms with E-state index in [0.29, 0.717) is 11.3 Å². The predicted octanol–water partition coefficient (Wildman–Crippen LogP) is 3.10. The average Bonchev–Trinajstić information content (AvgIpc) is 3.30. The Hall–Kier alpha value is -3.40. The van der Waals surface area contributed by atoms with Crippen molar-refractivity contribution in [2.24, 2.45) is 5.92 Å². The molecule has 0 bridgehead atoms. The zero-order valence-corrected chi connectivity index (χ0v) is 20.5. The van der Waals surface area contributed by atoms with Gasteiger partial charge in [0.05, 0.1) is 15.9 Å². The maximum absolute atomic E-state index is 13.3. The number of hydrogen-bond donors (Lipinski definition) is 3. The lowest BCUT2D eigenvalue weighted by atomic mass is 9.92. The quantitative estimate of drug-likeness (QED) is 0.272. The second kappa shape index (κ2) is 12.0. The van der Waals surface area contributed by atoms with Crippen molar-refractivity contribution in [3.8, 4) is 0 Å². The Balaban J connectivity index is 1.35. The molecule has 1 aliphatic rings. The van der Waals surface area contributed by atoms with Gasteiger partial charge >= 0.3 is 0 Å². The van der Waals surface area contributed by atoms with Gasteiger partial charge in [-0.15, -0.1) is 0 Å². The minimum Gasteiger partial charge on any atom is -0.392 e. The van der Waals surface area contributed by atoms with E-state index in [9.17, 15) is 24.2 Å². The van der Waals surface area contributed by atoms with E-state index in [4.69, 9.17) is 0 Å². The van der Waals surface area contributed by atoms with Crippen molar-refractivity contribution in [1.82, 2.24) is 10.0 Å². The standard InChI is InChI=1S/C27H29N3O5S/c31-25(18-28-36(35)26-12-10-24(11-13-26)30(33)34)17-22(14-19-6-2-1-3-7-19)27(32)29-23-15-20-8-4-5-9-21(20)16-23/h1-13,22-23,25,28,31H,14-18H2,(H,29,32)/t22-,25+,36?/m1/s1. The molecule has 0 aliphatic heterocycles. The lowest BCUT2D eigenvalue weighted by molar-refractivity contribution is -0.384. The minimum absolute atomic E-state index is 0.0110. The van der Waals surface area contributed by atoms with Crippen LogP contribution < -0.4 is 10.0 Å². The van der Waals surface area contributed by atoms with Crippen LogP contribution in [0.2, 0.25) is 0 Å². The molecule has 0 spiro atoms. The first-order valence-corrected chi connectivity index (χ1v) is 13.0. The Labute approximate surface area is 212 Å². The van der Waals surface area contributed by atoms with Gasteiger partial charge < -0.3 is 10.4 Å². The topological polar surface area (TPSA) is 122 Å². The van der Waals surface area contributed by atoms with Gasteiger partial charge in [0.2, 0.25) is 5.91 Å². The number of aliphatic hydroxyl groups excluding tert-OH is 1. The highest BCUT2D eigenvalue weighted by Gasteiger charge is 2.28. The lowest BCUT2D eigenvalue weighted by Gasteiger charge is -2.22. The summed E-state index contributed by atoms with van der Waals surface area (Å²) < 4.78 is 15.3. The van der Waals surface area contributed by atoms with Crippen molar-refractivity contribution in [3.63, 3.8) is 0 Å². The molecule has 3 atom stereocenters. The summed E-state index contributed by atoms with van der Waals surface area (Å²) >= 11 is 0. The van der Waals surface area contributed by atoms with E-state index in [1.54, 1.807) is 0 Å². The van der Waals surface area contributed by atoms with Crippen molar-refractivity contribution in [3.05, 3.63) is 106 Å². The van der Waals surface area contributed by atoms with Gasteiger partial charge in [-0.2, -0.15) is 0 Å². The highest BCUT2D eigenvalue weighted by molar-refractivity contribution is 7.83. The molecule has 0 aromatic heterocycles. The number of hydrogen-bond acceptors (Lipinski definition) is 5. The van der Waals surface area contributed by atoms with Gasteiger partial charge in [-0.3, -0.25) is 14.9 Å². The Morgan fingerprint density at radius 2 is 1.61 bits per heavy atom. The highest BCUT2D eigenvalue weighted by atomic mass is 32.2. The number of nitrogens with zero attached hydrogens (tertiary/aromatic N) is 1. The molecule has 3 N–H and O–H groups in total. The number of carbonyl (C=O) groups excluding carboxylic acids is 1. The number of amides is 1. The van der Waals surface area contributed by atoms with E-state index in [1.807, 2.05) is 42.5 Å². The molecule has 1 amide bonds. The van der Waals surface area contributed by atoms with E-state index in [2.05, 4.69) is 22.2 Å². The maximum atomic E-state index is 13.3. The van der Waals surface area contributed by atoms with E-state index in [1.165, 1.54) is 35.4 Å². The first-order chi connectivity index (χ1) is 17.4. The highest BCUT2D eigenvalue weighted by Crippen LogP contribution is 2.23. The first kappa shape index (κ1) is 25.7. The molecule has 1 aliphatic carbocycles. The maximum Gasteiger partial charge on any atom is 0.269 e. The predicted molar refractivity (Wildman–Crippen MR) is 138 cm³/mol. The third-order valence-electron chi connectivity index (χ3n) is 6.36. The second-order valence-corrected chi connectivity index (χ2v) is 10.3. The van der Waals surface area contributed by atoms with E-state index >= 15 is 0 Å². The molecule has 8 nitrogen and oxygen atoms in total. The summed E-state index contributed by atoms with van der Waals surface area (Å²) in [5.74, 6) is -0.562. The SMILES string of the molecule is O=C(NC1Cc2ccccc2C1)[C@H](Cc1ccccc1)C[C@H](O)CNS(=O)c1ccc([N+](=O)[O-])cc1. The van der Waals surface area contributed by atoms with E-state index in [0.717, 1.165) is 18.4 Å². The average molecular weight is 508 g/mol. The fraction of sp³-hybridized carbons (Fsp3) is 0.296. The van der Waals surface area contributed by atoms with E-state index < -0.39 is 27.9 Å². The first-order valence-electron chi connectivity index (χ1n) is 11.9. The van der Waals surface area contributed by atoms with Crippen LogP contribution >= 0.6 is 0 Å². The van der Waals surface area contributed by atoms with Crippen LogP contribution in [0.15, 0.2) is 83.8 Å². The molecule has 36 heavy (non-hydrogen) atoms. The molecule has 1 unspecified atom stereocenters. The molecule has 188 valence electrons. The van der Waals surface area contributed by atoms with Gasteiger partial charge in [0.1, 0.15) is 11.0 Å². The molecule has 4 rings (SSSR count). The van der Waals surface area contributed by atoms with Gasteiger partial charge in [0.25, 0.3) is 5.69 Å². The fourth-order valence-electron chi connectivity index (χ4n) is 4.52. The number of benzene rings is 3. The van der Waals surface area contributed by atoms with Gasteiger partial charge in [0, 0.05) is 30.6 Å². The van der Waals surface area contributed by atoms with Crippen LogP contribution in [0.1, 0.15) is 23.1 Å². The third-order valence-corrected chi connectivity index (χ3v) is 7.49. The molecular formula is C27H29N3O5S. The van der Waals surface area contributed by atoms with Crippen LogP contribution in [0, 0.1) is 16.0 Å². The van der Waals surface area contributed by atoms with Crippen molar-refractivity contribution in [2.75, 3.05) is 6.54 Å². The number of fused-ring (bicyclic) bond motifs is 1. The monoisotopic (exact) mass is 507 g/mol. The summed E-state index contributed by atoms with van der Waals surface area (Å²) in [6.07, 6.45) is 1.35. The molecule has 3 aromatic rings. The van der Waals surface area contributed by atoms with Crippen molar-refractivity contribution >= 4 is 22.6 Å². The Bertz CT molecular complexity index is 1190. The Kier molecular flexibility index (Phi) is 8.58. The Morgan fingerprint density at radius 3 is 2.22 bits per heavy atom. The molecule has 0 saturated heterocycles. The van der Waals surface area contributed by atoms with Crippen LogP contribution in [0.5, 0.6) is 0 Å². The number of non-ortho nitro benzene ring substituents is 1. The summed E-state index contributed by atoms with van der Waals surface area (Å²) in [4.78, 5) is 23.9. The van der Waals surface area contributed by atoms with E-state index in [-0.39, 0.29) is 30.6 Å². The number of carbonyl (C=O) groups is 1. The van der Waals surface area contributed by atoms with Crippen LogP contribution in [0.25, 0.3) is 0 Å². The molecule has 0 fully saturated rings. The summed E-state index contributed by atoms with van der Waals surface area (Å²) in [6, 6.07) is 23.3. The van der Waals surface area contributed by atoms with Gasteiger partial charge in [0.15, 0.2) is 0 Å². The van der Waals surface area contributed by atoms with Gasteiger partial charge in [-0.05, 0) is 54.5 Å². The number of nitro benzene ring substituents is 1. The summed E-state index contributed by atoms with van der Waals surface area (Å²) in [6.45, 7) is 0.0110. The second-order valence-electron chi connectivity index (χ2n) is 9.03. The van der Waals surface area contributed by atoms with Crippen LogP contribution in [-0.2, 0) is 35.0 Å². The third kappa shape index (κ3) is 6.84. The normalized spacial score (nSPS) is 15.6. The molecule has 0 heterocycles. The molecule has 9 heteroatoms. The number of nitrogens with one attached hydrogen (secondary N) is 2. The Morgan fingerprint density at radius 1 is 1.00 bits per heavy atom.